The van der Waals surface area contributed by atoms with Gasteiger partial charge < -0.3 is 10.0 Å². The van der Waals surface area contributed by atoms with Gasteiger partial charge in [-0.05, 0) is 40.3 Å². The molecule has 1 saturated heterocycles. The maximum Gasteiger partial charge on any atom is 0.326 e. The predicted octanol–water partition coefficient (Wildman–Crippen LogP) is 1.43. The van der Waals surface area contributed by atoms with Crippen LogP contribution in [0.25, 0.3) is 0 Å². The molecule has 1 N–H and O–H groups in total. The zero-order chi connectivity index (χ0) is 17.2. The molecule has 1 aliphatic heterocycles. The quantitative estimate of drug-likeness (QED) is 0.518. The zero-order valence-electron chi connectivity index (χ0n) is 12.0. The minimum atomic E-state index is -4.69. The number of carboxylic acid groups (broad SMARTS) is 1. The molecule has 1 heterocycles. The summed E-state index contributed by atoms with van der Waals surface area (Å²) in [4.78, 5) is 24.6. The van der Waals surface area contributed by atoms with E-state index in [0.29, 0.717) is 0 Å². The Kier molecular flexibility index (Phi) is 5.61. The van der Waals surface area contributed by atoms with E-state index < -0.39 is 39.8 Å². The number of carboxylic acids is 1. The molecule has 0 radical (unpaired) electrons. The van der Waals surface area contributed by atoms with Crippen molar-refractivity contribution in [2.45, 2.75) is 18.9 Å². The number of carbonyl (C=O) groups is 2. The number of nitrogens with zero attached hydrogens (tertiary/aromatic N) is 1. The van der Waals surface area contributed by atoms with E-state index in [1.54, 1.807) is 12.1 Å². The Labute approximate surface area is 147 Å². The van der Waals surface area contributed by atoms with Crippen molar-refractivity contribution < 1.29 is 27.0 Å². The Bertz CT molecular complexity index is 706. The Balaban J connectivity index is 2.13. The van der Waals surface area contributed by atoms with Gasteiger partial charge >= 0.3 is 16.2 Å². The molecule has 1 aromatic carbocycles. The second-order valence-electron chi connectivity index (χ2n) is 5.51. The summed E-state index contributed by atoms with van der Waals surface area (Å²) in [5.74, 6) is -3.10. The van der Waals surface area contributed by atoms with E-state index in [1.807, 2.05) is 12.1 Å². The van der Waals surface area contributed by atoms with Crippen LogP contribution in [0.5, 0.6) is 0 Å². The van der Waals surface area contributed by atoms with Crippen LogP contribution in [0.15, 0.2) is 24.3 Å². The van der Waals surface area contributed by atoms with E-state index in [2.05, 4.69) is 22.6 Å². The number of likely N-dealkylation sites (tertiary alicyclic amines) is 1. The summed E-state index contributed by atoms with van der Waals surface area (Å²) >= 11 is 2.13. The van der Waals surface area contributed by atoms with Gasteiger partial charge in [-0.15, -0.1) is 3.89 Å². The van der Waals surface area contributed by atoms with E-state index in [9.17, 15) is 27.0 Å². The summed E-state index contributed by atoms with van der Waals surface area (Å²) in [5.41, 5.74) is 0.757. The summed E-state index contributed by atoms with van der Waals surface area (Å²) in [6.07, 6.45) is -0.0350. The van der Waals surface area contributed by atoms with E-state index in [0.717, 1.165) is 14.0 Å². The van der Waals surface area contributed by atoms with E-state index in [4.69, 9.17) is 0 Å². The monoisotopic (exact) mass is 455 g/mol. The SMILES string of the molecule is O=C(O)[C@H](Cc1ccc(I)cc1)N1CC(CS(=O)(=O)F)CC1=O. The fraction of sp³-hybridized carbons (Fsp3) is 0.429. The molecule has 1 aromatic rings. The van der Waals surface area contributed by atoms with Gasteiger partial charge in [0.25, 0.3) is 0 Å². The van der Waals surface area contributed by atoms with Crippen molar-refractivity contribution in [1.82, 2.24) is 4.90 Å². The molecule has 2 rings (SSSR count). The number of benzene rings is 1. The van der Waals surface area contributed by atoms with Crippen LogP contribution < -0.4 is 0 Å². The Morgan fingerprint density at radius 3 is 2.52 bits per heavy atom. The highest BCUT2D eigenvalue weighted by molar-refractivity contribution is 14.1. The van der Waals surface area contributed by atoms with Gasteiger partial charge in [0.05, 0.1) is 5.75 Å². The molecule has 0 spiro atoms. The van der Waals surface area contributed by atoms with Gasteiger partial charge in [0.15, 0.2) is 0 Å². The third-order valence-corrected chi connectivity index (χ3v) is 5.27. The largest absolute Gasteiger partial charge is 0.480 e. The molecule has 0 bridgehead atoms. The number of aliphatic carboxylic acids is 1. The molecule has 0 aliphatic carbocycles. The van der Waals surface area contributed by atoms with Gasteiger partial charge in [-0.3, -0.25) is 4.79 Å². The second kappa shape index (κ2) is 7.12. The highest BCUT2D eigenvalue weighted by atomic mass is 127. The number of halogens is 2. The molecule has 9 heteroatoms. The van der Waals surface area contributed by atoms with Crippen LogP contribution in [-0.4, -0.2) is 48.6 Å². The van der Waals surface area contributed by atoms with Crippen LogP contribution in [0, 0.1) is 9.49 Å². The average Bonchev–Trinajstić information content (AvgIpc) is 2.76. The Morgan fingerprint density at radius 1 is 1.39 bits per heavy atom. The standard InChI is InChI=1S/C14H15FINO5S/c15-23(21,22)8-10-6-13(18)17(7-10)12(14(19)20)5-9-1-3-11(16)4-2-9/h1-4,10,12H,5-8H2,(H,19,20)/t10?,12-/m0/s1. The van der Waals surface area contributed by atoms with Gasteiger partial charge in [0.1, 0.15) is 6.04 Å². The third-order valence-electron chi connectivity index (χ3n) is 3.68. The van der Waals surface area contributed by atoms with E-state index in [-0.39, 0.29) is 19.4 Å². The van der Waals surface area contributed by atoms with Crippen molar-refractivity contribution in [3.63, 3.8) is 0 Å². The number of rotatable bonds is 6. The summed E-state index contributed by atoms with van der Waals surface area (Å²) in [5, 5.41) is 9.40. The van der Waals surface area contributed by atoms with Gasteiger partial charge in [0, 0.05) is 28.9 Å². The highest BCUT2D eigenvalue weighted by Crippen LogP contribution is 2.24. The van der Waals surface area contributed by atoms with Crippen LogP contribution >= 0.6 is 22.6 Å². The molecule has 1 aliphatic rings. The highest BCUT2D eigenvalue weighted by Gasteiger charge is 2.39. The third kappa shape index (κ3) is 5.13. The van der Waals surface area contributed by atoms with Crippen molar-refractivity contribution in [2.24, 2.45) is 5.92 Å². The molecule has 0 saturated carbocycles. The molecule has 2 atom stereocenters. The molecular formula is C14H15FINO5S. The minimum absolute atomic E-state index is 0.0662. The van der Waals surface area contributed by atoms with Crippen LogP contribution in [0.1, 0.15) is 12.0 Å². The first-order valence-electron chi connectivity index (χ1n) is 6.85. The lowest BCUT2D eigenvalue weighted by molar-refractivity contribution is -0.148. The van der Waals surface area contributed by atoms with Gasteiger partial charge in [-0.25, -0.2) is 4.79 Å². The smallest absolute Gasteiger partial charge is 0.326 e. The molecular weight excluding hydrogens is 440 g/mol. The Hall–Kier alpha value is -1.23. The molecule has 6 nitrogen and oxygen atoms in total. The number of carbonyl (C=O) groups excluding carboxylic acids is 1. The summed E-state index contributed by atoms with van der Waals surface area (Å²) in [7, 11) is -4.69. The van der Waals surface area contributed by atoms with Crippen LogP contribution in [-0.2, 0) is 26.2 Å². The lowest BCUT2D eigenvalue weighted by atomic mass is 10.0. The maximum atomic E-state index is 12.8. The van der Waals surface area contributed by atoms with E-state index >= 15 is 0 Å². The van der Waals surface area contributed by atoms with Crippen LogP contribution in [0.2, 0.25) is 0 Å². The number of amides is 1. The first-order valence-corrected chi connectivity index (χ1v) is 9.48. The summed E-state index contributed by atoms with van der Waals surface area (Å²) < 4.78 is 35.2. The van der Waals surface area contributed by atoms with Crippen molar-refractivity contribution in [3.8, 4) is 0 Å². The number of hydrogen-bond donors (Lipinski definition) is 1. The molecule has 1 amide bonds. The normalized spacial score (nSPS) is 19.8. The van der Waals surface area contributed by atoms with Crippen LogP contribution in [0.4, 0.5) is 3.89 Å². The lowest BCUT2D eigenvalue weighted by Crippen LogP contribution is -2.43. The van der Waals surface area contributed by atoms with Crippen molar-refractivity contribution in [1.29, 1.82) is 0 Å². The first kappa shape index (κ1) is 18.1. The van der Waals surface area contributed by atoms with E-state index in [1.165, 1.54) is 0 Å². The maximum absolute atomic E-state index is 12.8. The van der Waals surface area contributed by atoms with Crippen molar-refractivity contribution >= 4 is 44.7 Å². The molecule has 126 valence electrons. The summed E-state index contributed by atoms with van der Waals surface area (Å²) in [6, 6.07) is 6.14. The zero-order valence-corrected chi connectivity index (χ0v) is 15.0. The molecule has 1 unspecified atom stereocenters. The molecule has 1 fully saturated rings. The van der Waals surface area contributed by atoms with Gasteiger partial charge in [0.2, 0.25) is 5.91 Å². The number of hydrogen-bond acceptors (Lipinski definition) is 4. The van der Waals surface area contributed by atoms with Crippen molar-refractivity contribution in [3.05, 3.63) is 33.4 Å². The van der Waals surface area contributed by atoms with Crippen molar-refractivity contribution in [2.75, 3.05) is 12.3 Å². The second-order valence-corrected chi connectivity index (χ2v) is 8.16. The fourth-order valence-corrected chi connectivity index (χ4v) is 3.82. The fourth-order valence-electron chi connectivity index (χ4n) is 2.68. The Morgan fingerprint density at radius 2 is 2.00 bits per heavy atom. The lowest BCUT2D eigenvalue weighted by Gasteiger charge is -2.24. The van der Waals surface area contributed by atoms with Gasteiger partial charge in [-0.1, -0.05) is 12.1 Å². The van der Waals surface area contributed by atoms with Crippen LogP contribution in [0.3, 0.4) is 0 Å². The molecule has 0 aromatic heterocycles. The van der Waals surface area contributed by atoms with Gasteiger partial charge in [-0.2, -0.15) is 8.42 Å². The molecule has 23 heavy (non-hydrogen) atoms. The minimum Gasteiger partial charge on any atom is -0.480 e. The topological polar surface area (TPSA) is 91.8 Å². The summed E-state index contributed by atoms with van der Waals surface area (Å²) in [6.45, 7) is -0.0662. The predicted molar refractivity (Wildman–Crippen MR) is 89.0 cm³/mol. The average molecular weight is 455 g/mol. The first-order chi connectivity index (χ1) is 10.7.